The van der Waals surface area contributed by atoms with Gasteiger partial charge in [0.2, 0.25) is 11.0 Å². The molecule has 2 N–H and O–H groups in total. The number of rotatable bonds is 9. The minimum absolute atomic E-state index is 0.0353. The molecule has 0 bridgehead atoms. The Morgan fingerprint density at radius 3 is 2.67 bits per heavy atom. The number of nitrogens with zero attached hydrogens (tertiary/aromatic N) is 2. The van der Waals surface area contributed by atoms with E-state index in [9.17, 15) is 9.18 Å². The van der Waals surface area contributed by atoms with Gasteiger partial charge in [-0.2, -0.15) is 0 Å². The van der Waals surface area contributed by atoms with Crippen LogP contribution in [0.25, 0.3) is 0 Å². The van der Waals surface area contributed by atoms with E-state index in [-0.39, 0.29) is 17.5 Å². The summed E-state index contributed by atoms with van der Waals surface area (Å²) in [6, 6.07) is 16.6. The number of halogens is 1. The summed E-state index contributed by atoms with van der Waals surface area (Å²) in [4.78, 5) is 11.9. The van der Waals surface area contributed by atoms with Gasteiger partial charge in [0.15, 0.2) is 4.34 Å². The summed E-state index contributed by atoms with van der Waals surface area (Å²) in [6.07, 6.45) is 1.84. The lowest BCUT2D eigenvalue weighted by atomic mass is 10.1. The molecule has 0 saturated carbocycles. The number of anilines is 2. The first-order chi connectivity index (χ1) is 13.2. The highest BCUT2D eigenvalue weighted by Crippen LogP contribution is 2.28. The molecule has 1 heterocycles. The lowest BCUT2D eigenvalue weighted by Crippen LogP contribution is -2.26. The zero-order chi connectivity index (χ0) is 18.9. The molecule has 5 nitrogen and oxygen atoms in total. The van der Waals surface area contributed by atoms with Crippen molar-refractivity contribution in [2.75, 3.05) is 17.6 Å². The molecule has 0 aliphatic heterocycles. The van der Waals surface area contributed by atoms with Crippen molar-refractivity contribution < 1.29 is 9.18 Å². The zero-order valence-corrected chi connectivity index (χ0v) is 16.2. The van der Waals surface area contributed by atoms with Crippen LogP contribution in [0, 0.1) is 5.82 Å². The fourth-order valence-corrected chi connectivity index (χ4v) is 3.93. The van der Waals surface area contributed by atoms with Gasteiger partial charge in [-0.15, -0.1) is 10.2 Å². The summed E-state index contributed by atoms with van der Waals surface area (Å²) < 4.78 is 14.3. The highest BCUT2D eigenvalue weighted by atomic mass is 32.2. The first-order valence-corrected chi connectivity index (χ1v) is 10.3. The van der Waals surface area contributed by atoms with Crippen molar-refractivity contribution >= 4 is 39.8 Å². The van der Waals surface area contributed by atoms with Crippen LogP contribution in [0.5, 0.6) is 0 Å². The topological polar surface area (TPSA) is 66.9 Å². The predicted octanol–water partition coefficient (Wildman–Crippen LogP) is 4.26. The largest absolute Gasteiger partial charge is 0.355 e. The SMILES string of the molecule is O=C(CSc1nnc(Nc2ccccc2F)s1)NCCCc1ccccc1. The molecule has 0 fully saturated rings. The molecule has 1 amide bonds. The Balaban J connectivity index is 1.37. The van der Waals surface area contributed by atoms with Crippen LogP contribution in [-0.4, -0.2) is 28.4 Å². The molecular formula is C19H19FN4OS2. The lowest BCUT2D eigenvalue weighted by molar-refractivity contribution is -0.118. The van der Waals surface area contributed by atoms with Gasteiger partial charge in [0.05, 0.1) is 11.4 Å². The summed E-state index contributed by atoms with van der Waals surface area (Å²) in [6.45, 7) is 0.643. The van der Waals surface area contributed by atoms with Crippen LogP contribution < -0.4 is 10.6 Å². The van der Waals surface area contributed by atoms with Gasteiger partial charge in [-0.1, -0.05) is 65.6 Å². The first kappa shape index (κ1) is 19.3. The molecule has 0 spiro atoms. The Bertz CT molecular complexity index is 873. The third-order valence-electron chi connectivity index (χ3n) is 3.66. The van der Waals surface area contributed by atoms with Crippen molar-refractivity contribution in [1.82, 2.24) is 15.5 Å². The Morgan fingerprint density at radius 2 is 1.85 bits per heavy atom. The zero-order valence-electron chi connectivity index (χ0n) is 14.5. The second-order valence-electron chi connectivity index (χ2n) is 5.71. The van der Waals surface area contributed by atoms with Crippen LogP contribution in [0.3, 0.4) is 0 Å². The quantitative estimate of drug-likeness (QED) is 0.413. The summed E-state index contributed by atoms with van der Waals surface area (Å²) in [7, 11) is 0. The van der Waals surface area contributed by atoms with E-state index in [2.05, 4.69) is 33.0 Å². The number of carbonyl (C=O) groups is 1. The van der Waals surface area contributed by atoms with E-state index in [4.69, 9.17) is 0 Å². The summed E-state index contributed by atoms with van der Waals surface area (Å²) in [5.41, 5.74) is 1.62. The van der Waals surface area contributed by atoms with Crippen molar-refractivity contribution in [2.24, 2.45) is 0 Å². The van der Waals surface area contributed by atoms with Crippen LogP contribution in [0.2, 0.25) is 0 Å². The fraction of sp³-hybridized carbons (Fsp3) is 0.211. The lowest BCUT2D eigenvalue weighted by Gasteiger charge is -2.04. The average Bonchev–Trinajstić information content (AvgIpc) is 3.14. The monoisotopic (exact) mass is 402 g/mol. The van der Waals surface area contributed by atoms with Crippen LogP contribution in [-0.2, 0) is 11.2 Å². The Labute approximate surface area is 165 Å². The van der Waals surface area contributed by atoms with Crippen LogP contribution >= 0.6 is 23.1 Å². The van der Waals surface area contributed by atoms with E-state index in [1.54, 1.807) is 18.2 Å². The molecule has 0 radical (unpaired) electrons. The maximum absolute atomic E-state index is 13.6. The maximum atomic E-state index is 13.6. The van der Waals surface area contributed by atoms with Gasteiger partial charge < -0.3 is 10.6 Å². The Kier molecular flexibility index (Phi) is 7.18. The maximum Gasteiger partial charge on any atom is 0.230 e. The molecule has 140 valence electrons. The molecule has 3 rings (SSSR count). The molecule has 3 aromatic rings. The molecule has 0 unspecified atom stereocenters. The molecule has 8 heteroatoms. The Morgan fingerprint density at radius 1 is 1.07 bits per heavy atom. The first-order valence-electron chi connectivity index (χ1n) is 8.49. The van der Waals surface area contributed by atoms with Gasteiger partial charge in [0, 0.05) is 6.54 Å². The van der Waals surface area contributed by atoms with E-state index < -0.39 is 0 Å². The van der Waals surface area contributed by atoms with E-state index in [1.165, 1.54) is 34.7 Å². The second-order valence-corrected chi connectivity index (χ2v) is 7.91. The number of nitrogens with one attached hydrogen (secondary N) is 2. The molecule has 0 atom stereocenters. The molecule has 0 saturated heterocycles. The van der Waals surface area contributed by atoms with Gasteiger partial charge in [-0.3, -0.25) is 4.79 Å². The van der Waals surface area contributed by atoms with Crippen molar-refractivity contribution in [3.63, 3.8) is 0 Å². The minimum Gasteiger partial charge on any atom is -0.355 e. The summed E-state index contributed by atoms with van der Waals surface area (Å²) in [5.74, 6) is -0.108. The standard InChI is InChI=1S/C19H19FN4OS2/c20-15-10-4-5-11-16(15)22-18-23-24-19(27-18)26-13-17(25)21-12-6-9-14-7-2-1-3-8-14/h1-5,7-8,10-11H,6,9,12-13H2,(H,21,25)(H,22,23). The molecule has 0 aliphatic rings. The van der Waals surface area contributed by atoms with E-state index in [0.717, 1.165) is 12.8 Å². The van der Waals surface area contributed by atoms with E-state index in [1.807, 2.05) is 18.2 Å². The number of para-hydroxylation sites is 1. The molecule has 0 aliphatic carbocycles. The van der Waals surface area contributed by atoms with Gasteiger partial charge in [-0.25, -0.2) is 4.39 Å². The van der Waals surface area contributed by atoms with Gasteiger partial charge in [0.1, 0.15) is 5.82 Å². The smallest absolute Gasteiger partial charge is 0.230 e. The minimum atomic E-state index is -0.350. The van der Waals surface area contributed by atoms with Crippen LogP contribution in [0.1, 0.15) is 12.0 Å². The van der Waals surface area contributed by atoms with E-state index >= 15 is 0 Å². The van der Waals surface area contributed by atoms with Gasteiger partial charge >= 0.3 is 0 Å². The number of hydrogen-bond donors (Lipinski definition) is 2. The third-order valence-corrected chi connectivity index (χ3v) is 5.63. The molecule has 2 aromatic carbocycles. The van der Waals surface area contributed by atoms with Crippen molar-refractivity contribution in [1.29, 1.82) is 0 Å². The highest BCUT2D eigenvalue weighted by Gasteiger charge is 2.09. The van der Waals surface area contributed by atoms with Crippen molar-refractivity contribution in [2.45, 2.75) is 17.2 Å². The number of thioether (sulfide) groups is 1. The van der Waals surface area contributed by atoms with Crippen molar-refractivity contribution in [3.8, 4) is 0 Å². The molecular weight excluding hydrogens is 383 g/mol. The number of amides is 1. The number of aryl methyl sites for hydroxylation is 1. The normalized spacial score (nSPS) is 10.6. The van der Waals surface area contributed by atoms with Crippen LogP contribution in [0.15, 0.2) is 58.9 Å². The number of aromatic nitrogens is 2. The highest BCUT2D eigenvalue weighted by molar-refractivity contribution is 8.01. The average molecular weight is 403 g/mol. The number of hydrogen-bond acceptors (Lipinski definition) is 6. The second kappa shape index (κ2) is 10.0. The molecule has 1 aromatic heterocycles. The van der Waals surface area contributed by atoms with Crippen molar-refractivity contribution in [3.05, 3.63) is 66.0 Å². The van der Waals surface area contributed by atoms with Gasteiger partial charge in [0.25, 0.3) is 0 Å². The van der Waals surface area contributed by atoms with E-state index in [0.29, 0.717) is 21.7 Å². The number of carbonyl (C=O) groups excluding carboxylic acids is 1. The van der Waals surface area contributed by atoms with Crippen LogP contribution in [0.4, 0.5) is 15.2 Å². The third kappa shape index (κ3) is 6.33. The predicted molar refractivity (Wildman–Crippen MR) is 108 cm³/mol. The summed E-state index contributed by atoms with van der Waals surface area (Å²) >= 11 is 2.60. The Hall–Kier alpha value is -2.45. The van der Waals surface area contributed by atoms with Gasteiger partial charge in [-0.05, 0) is 30.5 Å². The number of benzene rings is 2. The molecule has 27 heavy (non-hydrogen) atoms. The fourth-order valence-electron chi connectivity index (χ4n) is 2.34. The summed E-state index contributed by atoms with van der Waals surface area (Å²) in [5, 5.41) is 14.3.